The van der Waals surface area contributed by atoms with Gasteiger partial charge in [0.2, 0.25) is 0 Å². The van der Waals surface area contributed by atoms with Crippen LogP contribution < -0.4 is 9.47 Å². The van der Waals surface area contributed by atoms with Crippen LogP contribution in [0.25, 0.3) is 22.3 Å². The number of aliphatic carboxylic acids is 1. The number of thioether (sulfide) groups is 1. The summed E-state index contributed by atoms with van der Waals surface area (Å²) in [5.41, 5.74) is 4.05. The molecule has 0 aliphatic carbocycles. The number of pyridine rings is 1. The minimum absolute atomic E-state index is 0.109. The Balaban J connectivity index is 1.58. The Bertz CT molecular complexity index is 1790. The quantitative estimate of drug-likeness (QED) is 0.119. The fourth-order valence-electron chi connectivity index (χ4n) is 5.71. The van der Waals surface area contributed by atoms with Gasteiger partial charge in [-0.2, -0.15) is 0 Å². The van der Waals surface area contributed by atoms with Gasteiger partial charge in [0.1, 0.15) is 12.4 Å². The summed E-state index contributed by atoms with van der Waals surface area (Å²) in [6, 6.07) is 20.2. The Labute approximate surface area is 281 Å². The van der Waals surface area contributed by atoms with Gasteiger partial charge in [0.25, 0.3) is 0 Å². The van der Waals surface area contributed by atoms with Gasteiger partial charge in [0.05, 0.1) is 30.1 Å². The van der Waals surface area contributed by atoms with Gasteiger partial charge in [0.15, 0.2) is 11.6 Å². The lowest BCUT2D eigenvalue weighted by Gasteiger charge is -2.29. The van der Waals surface area contributed by atoms with E-state index in [0.29, 0.717) is 50.6 Å². The number of aromatic nitrogens is 4. The summed E-state index contributed by atoms with van der Waals surface area (Å²) in [6.45, 7) is 14.0. The van der Waals surface area contributed by atoms with Crippen molar-refractivity contribution >= 4 is 28.6 Å². The molecule has 5 rings (SSSR count). The first-order valence-corrected chi connectivity index (χ1v) is 17.0. The maximum absolute atomic E-state index is 12.8. The highest BCUT2D eigenvalue weighted by Crippen LogP contribution is 2.45. The van der Waals surface area contributed by atoms with Gasteiger partial charge in [0, 0.05) is 51.0 Å². The first-order valence-electron chi connectivity index (χ1n) is 16.2. The molecule has 47 heavy (non-hydrogen) atoms. The molecule has 0 bridgehead atoms. The van der Waals surface area contributed by atoms with Crippen molar-refractivity contribution in [3.05, 3.63) is 96.2 Å². The fourth-order valence-corrected chi connectivity index (χ4v) is 6.90. The summed E-state index contributed by atoms with van der Waals surface area (Å²) in [5, 5.41) is 11.6. The zero-order valence-corrected chi connectivity index (χ0v) is 28.9. The third-order valence-corrected chi connectivity index (χ3v) is 9.69. The predicted octanol–water partition coefficient (Wildman–Crippen LogP) is 8.84. The Morgan fingerprint density at radius 2 is 1.62 bits per heavy atom. The molecule has 3 aromatic heterocycles. The third kappa shape index (κ3) is 7.96. The zero-order valence-electron chi connectivity index (χ0n) is 28.1. The van der Waals surface area contributed by atoms with Crippen molar-refractivity contribution in [3.63, 3.8) is 0 Å². The SMILES string of the molecule is CCOc1cnc(-c2ccc(Cn3c(CC(CC)(CC)C(=O)O)c(SC(C)(C)C)c4cc(OCc5ccccn5)ccc43)cc2)nc1. The second kappa shape index (κ2) is 14.6. The summed E-state index contributed by atoms with van der Waals surface area (Å²) < 4.78 is 13.9. The Morgan fingerprint density at radius 3 is 2.21 bits per heavy atom. The third-order valence-electron chi connectivity index (χ3n) is 8.42. The second-order valence-electron chi connectivity index (χ2n) is 12.7. The smallest absolute Gasteiger partial charge is 0.310 e. The summed E-state index contributed by atoms with van der Waals surface area (Å²) in [7, 11) is 0. The normalized spacial score (nSPS) is 12.0. The van der Waals surface area contributed by atoms with Gasteiger partial charge in [-0.15, -0.1) is 11.8 Å². The highest BCUT2D eigenvalue weighted by molar-refractivity contribution is 8.00. The van der Waals surface area contributed by atoms with Crippen molar-refractivity contribution in [2.75, 3.05) is 6.61 Å². The molecule has 9 heteroatoms. The number of nitrogens with zero attached hydrogens (tertiary/aromatic N) is 4. The van der Waals surface area contributed by atoms with Crippen molar-refractivity contribution in [1.29, 1.82) is 0 Å². The van der Waals surface area contributed by atoms with E-state index in [9.17, 15) is 9.90 Å². The van der Waals surface area contributed by atoms with Crippen molar-refractivity contribution in [3.8, 4) is 22.9 Å². The molecule has 0 unspecified atom stereocenters. The minimum Gasteiger partial charge on any atom is -0.491 e. The van der Waals surface area contributed by atoms with Crippen LogP contribution in [0.5, 0.6) is 11.5 Å². The van der Waals surface area contributed by atoms with Crippen LogP contribution in [0, 0.1) is 5.41 Å². The van der Waals surface area contributed by atoms with E-state index < -0.39 is 11.4 Å². The molecule has 0 fully saturated rings. The highest BCUT2D eigenvalue weighted by atomic mass is 32.2. The lowest BCUT2D eigenvalue weighted by atomic mass is 9.78. The maximum Gasteiger partial charge on any atom is 0.310 e. The summed E-state index contributed by atoms with van der Waals surface area (Å²) in [6.07, 6.45) is 6.64. The molecule has 0 saturated carbocycles. The largest absolute Gasteiger partial charge is 0.491 e. The van der Waals surface area contributed by atoms with E-state index in [4.69, 9.17) is 9.47 Å². The molecule has 8 nitrogen and oxygen atoms in total. The van der Waals surface area contributed by atoms with Gasteiger partial charge < -0.3 is 19.1 Å². The predicted molar refractivity (Wildman–Crippen MR) is 188 cm³/mol. The van der Waals surface area contributed by atoms with Crippen LogP contribution in [0.15, 0.2) is 84.1 Å². The number of benzene rings is 2. The van der Waals surface area contributed by atoms with Crippen molar-refractivity contribution < 1.29 is 19.4 Å². The van der Waals surface area contributed by atoms with Crippen LogP contribution in [0.3, 0.4) is 0 Å². The summed E-state index contributed by atoms with van der Waals surface area (Å²) in [4.78, 5) is 27.3. The topological polar surface area (TPSA) is 99.4 Å². The van der Waals surface area contributed by atoms with E-state index in [-0.39, 0.29) is 4.75 Å². The number of ether oxygens (including phenoxy) is 2. The lowest BCUT2D eigenvalue weighted by molar-refractivity contribution is -0.149. The van der Waals surface area contributed by atoms with Crippen LogP contribution in [0.1, 0.15) is 71.3 Å². The van der Waals surface area contributed by atoms with E-state index >= 15 is 0 Å². The lowest BCUT2D eigenvalue weighted by Crippen LogP contribution is -2.33. The average molecular weight is 653 g/mol. The number of rotatable bonds is 14. The number of hydrogen-bond donors (Lipinski definition) is 1. The van der Waals surface area contributed by atoms with Crippen molar-refractivity contribution in [2.24, 2.45) is 5.41 Å². The van der Waals surface area contributed by atoms with Crippen LogP contribution in [-0.2, 0) is 24.4 Å². The number of carboxylic acids is 1. The highest BCUT2D eigenvalue weighted by Gasteiger charge is 2.38. The van der Waals surface area contributed by atoms with E-state index in [1.807, 2.05) is 57.2 Å². The molecular formula is C38H44N4O4S. The first-order chi connectivity index (χ1) is 22.6. The minimum atomic E-state index is -0.882. The monoisotopic (exact) mass is 652 g/mol. The van der Waals surface area contributed by atoms with Gasteiger partial charge >= 0.3 is 5.97 Å². The van der Waals surface area contributed by atoms with Gasteiger partial charge in [-0.05, 0) is 55.7 Å². The molecule has 246 valence electrons. The number of fused-ring (bicyclic) bond motifs is 1. The van der Waals surface area contributed by atoms with Gasteiger partial charge in [-0.3, -0.25) is 9.78 Å². The second-order valence-corrected chi connectivity index (χ2v) is 14.5. The molecule has 0 radical (unpaired) electrons. The number of hydrogen-bond acceptors (Lipinski definition) is 7. The summed E-state index contributed by atoms with van der Waals surface area (Å²) in [5.74, 6) is 1.26. The Morgan fingerprint density at radius 1 is 0.894 bits per heavy atom. The molecule has 0 amide bonds. The van der Waals surface area contributed by atoms with Crippen molar-refractivity contribution in [2.45, 2.75) is 83.6 Å². The van der Waals surface area contributed by atoms with E-state index in [2.05, 4.69) is 64.6 Å². The molecule has 0 aliphatic rings. The van der Waals surface area contributed by atoms with Gasteiger partial charge in [-0.25, -0.2) is 9.97 Å². The zero-order chi connectivity index (χ0) is 33.6. The molecule has 2 aromatic carbocycles. The van der Waals surface area contributed by atoms with E-state index in [0.717, 1.165) is 44.1 Å². The molecule has 0 aliphatic heterocycles. The Hall–Kier alpha value is -4.37. The summed E-state index contributed by atoms with van der Waals surface area (Å²) >= 11 is 1.78. The van der Waals surface area contributed by atoms with Crippen LogP contribution in [-0.4, -0.2) is 41.9 Å². The fraction of sp³-hybridized carbons (Fsp3) is 0.368. The van der Waals surface area contributed by atoms with Crippen molar-refractivity contribution in [1.82, 2.24) is 19.5 Å². The van der Waals surface area contributed by atoms with Crippen LogP contribution in [0.4, 0.5) is 0 Å². The molecule has 0 saturated heterocycles. The molecule has 0 spiro atoms. The molecule has 0 atom stereocenters. The Kier molecular flexibility index (Phi) is 10.5. The molecule has 5 aromatic rings. The maximum atomic E-state index is 12.8. The first kappa shape index (κ1) is 34.0. The van der Waals surface area contributed by atoms with Crippen LogP contribution in [0.2, 0.25) is 0 Å². The molecule has 1 N–H and O–H groups in total. The van der Waals surface area contributed by atoms with Gasteiger partial charge in [-0.1, -0.05) is 65.0 Å². The van der Waals surface area contributed by atoms with E-state index in [1.54, 1.807) is 30.4 Å². The number of carboxylic acid groups (broad SMARTS) is 1. The molecular weight excluding hydrogens is 609 g/mol. The number of carbonyl (C=O) groups is 1. The standard InChI is InChI=1S/C38H44N4O4S/c1-7-38(8-2,36(43)44)21-33-34(47-37(4,5)6)31-20-29(46-25-28-12-10-11-19-39-28)17-18-32(31)42(33)24-26-13-15-27(16-14-26)35-40-22-30(23-41-35)45-9-3/h10-20,22-23H,7-9,21,24-25H2,1-6H3,(H,43,44). The average Bonchev–Trinajstić information content (AvgIpc) is 3.33. The van der Waals surface area contributed by atoms with E-state index in [1.165, 1.54) is 0 Å². The molecule has 3 heterocycles. The van der Waals surface area contributed by atoms with Crippen LogP contribution >= 0.6 is 11.8 Å².